The van der Waals surface area contributed by atoms with Crippen LogP contribution >= 0.6 is 0 Å². The maximum Gasteiger partial charge on any atom is 0.233 e. The van der Waals surface area contributed by atoms with E-state index in [2.05, 4.69) is 31.4 Å². The van der Waals surface area contributed by atoms with Crippen LogP contribution in [0, 0.1) is 5.92 Å². The lowest BCUT2D eigenvalue weighted by molar-refractivity contribution is -0.120. The summed E-state index contributed by atoms with van der Waals surface area (Å²) < 4.78 is 0. The van der Waals surface area contributed by atoms with E-state index < -0.39 is 0 Å². The third-order valence-corrected chi connectivity index (χ3v) is 2.59. The third-order valence-electron chi connectivity index (χ3n) is 2.59. The zero-order chi connectivity index (χ0) is 10.6. The molecule has 0 aliphatic heterocycles. The van der Waals surface area contributed by atoms with Gasteiger partial charge in [-0.25, -0.2) is 0 Å². The maximum absolute atomic E-state index is 11.4. The van der Waals surface area contributed by atoms with Crippen LogP contribution in [-0.2, 0) is 4.79 Å². The highest BCUT2D eigenvalue weighted by Gasteiger charge is 2.18. The van der Waals surface area contributed by atoms with Gasteiger partial charge in [-0.1, -0.05) is 6.42 Å². The van der Waals surface area contributed by atoms with E-state index >= 15 is 0 Å². The number of nitrogens with one attached hydrogen (secondary N) is 2. The number of rotatable bonds is 4. The average molecular weight is 198 g/mol. The Hall–Kier alpha value is -0.570. The maximum atomic E-state index is 11.4. The summed E-state index contributed by atoms with van der Waals surface area (Å²) in [6, 6.07) is 0. The molecule has 14 heavy (non-hydrogen) atoms. The Balaban J connectivity index is 2.03. The molecule has 0 atom stereocenters. The van der Waals surface area contributed by atoms with Crippen LogP contribution < -0.4 is 10.6 Å². The molecule has 2 N–H and O–H groups in total. The molecule has 0 unspecified atom stereocenters. The van der Waals surface area contributed by atoms with Gasteiger partial charge in [0.05, 0.1) is 6.54 Å². The average Bonchev–Trinajstić information content (AvgIpc) is 1.96. The van der Waals surface area contributed by atoms with Gasteiger partial charge in [0, 0.05) is 12.1 Å². The Morgan fingerprint density at radius 2 is 2.00 bits per heavy atom. The van der Waals surface area contributed by atoms with E-state index in [0.29, 0.717) is 6.54 Å². The van der Waals surface area contributed by atoms with Crippen molar-refractivity contribution in [3.63, 3.8) is 0 Å². The van der Waals surface area contributed by atoms with Gasteiger partial charge in [0.15, 0.2) is 0 Å². The van der Waals surface area contributed by atoms with Crippen LogP contribution in [0.5, 0.6) is 0 Å². The predicted octanol–water partition coefficient (Wildman–Crippen LogP) is 1.29. The van der Waals surface area contributed by atoms with Crippen molar-refractivity contribution in [2.24, 2.45) is 5.92 Å². The second-order valence-electron chi connectivity index (χ2n) is 5.20. The second-order valence-corrected chi connectivity index (χ2v) is 5.20. The number of hydrogen-bond donors (Lipinski definition) is 2. The SMILES string of the molecule is CC(C)(C)NCC(=O)NCC1CCC1. The molecule has 1 aliphatic carbocycles. The molecule has 1 saturated carbocycles. The first-order valence-electron chi connectivity index (χ1n) is 5.49. The van der Waals surface area contributed by atoms with Crippen molar-refractivity contribution in [3.05, 3.63) is 0 Å². The Morgan fingerprint density at radius 3 is 2.43 bits per heavy atom. The molecule has 1 aliphatic rings. The van der Waals surface area contributed by atoms with Gasteiger partial charge in [-0.05, 0) is 39.5 Å². The minimum atomic E-state index is 0.0216. The molecular weight excluding hydrogens is 176 g/mol. The molecule has 1 amide bonds. The highest BCUT2D eigenvalue weighted by atomic mass is 16.1. The highest BCUT2D eigenvalue weighted by Crippen LogP contribution is 2.24. The van der Waals surface area contributed by atoms with E-state index in [0.717, 1.165) is 12.5 Å². The largest absolute Gasteiger partial charge is 0.355 e. The van der Waals surface area contributed by atoms with E-state index in [-0.39, 0.29) is 11.4 Å². The van der Waals surface area contributed by atoms with Crippen molar-refractivity contribution in [1.82, 2.24) is 10.6 Å². The Bertz CT molecular complexity index is 192. The summed E-state index contributed by atoms with van der Waals surface area (Å²) in [4.78, 5) is 11.4. The van der Waals surface area contributed by atoms with Gasteiger partial charge < -0.3 is 10.6 Å². The van der Waals surface area contributed by atoms with Gasteiger partial charge in [0.2, 0.25) is 5.91 Å². The summed E-state index contributed by atoms with van der Waals surface area (Å²) in [5.74, 6) is 0.861. The van der Waals surface area contributed by atoms with Crippen molar-refractivity contribution in [2.45, 2.75) is 45.6 Å². The third kappa shape index (κ3) is 4.61. The van der Waals surface area contributed by atoms with E-state index in [4.69, 9.17) is 0 Å². The quantitative estimate of drug-likeness (QED) is 0.714. The van der Waals surface area contributed by atoms with E-state index in [1.165, 1.54) is 19.3 Å². The van der Waals surface area contributed by atoms with Crippen LogP contribution in [0.3, 0.4) is 0 Å². The topological polar surface area (TPSA) is 41.1 Å². The van der Waals surface area contributed by atoms with Crippen molar-refractivity contribution >= 4 is 5.91 Å². The first-order chi connectivity index (χ1) is 6.47. The van der Waals surface area contributed by atoms with Gasteiger partial charge in [0.25, 0.3) is 0 Å². The summed E-state index contributed by atoms with van der Waals surface area (Å²) in [7, 11) is 0. The van der Waals surface area contributed by atoms with Gasteiger partial charge >= 0.3 is 0 Å². The van der Waals surface area contributed by atoms with Gasteiger partial charge in [-0.15, -0.1) is 0 Å². The lowest BCUT2D eigenvalue weighted by atomic mass is 9.85. The Morgan fingerprint density at radius 1 is 1.36 bits per heavy atom. The molecule has 0 radical (unpaired) electrons. The van der Waals surface area contributed by atoms with Gasteiger partial charge in [0.1, 0.15) is 0 Å². The lowest BCUT2D eigenvalue weighted by Crippen LogP contribution is -2.44. The second kappa shape index (κ2) is 4.78. The molecule has 3 nitrogen and oxygen atoms in total. The molecule has 0 bridgehead atoms. The molecule has 0 aromatic carbocycles. The molecule has 82 valence electrons. The Kier molecular flexibility index (Phi) is 3.93. The fourth-order valence-corrected chi connectivity index (χ4v) is 1.36. The number of carbonyl (C=O) groups excluding carboxylic acids is 1. The predicted molar refractivity (Wildman–Crippen MR) is 58.1 cm³/mol. The van der Waals surface area contributed by atoms with Crippen LogP contribution in [-0.4, -0.2) is 24.5 Å². The fraction of sp³-hybridized carbons (Fsp3) is 0.909. The van der Waals surface area contributed by atoms with Crippen molar-refractivity contribution < 1.29 is 4.79 Å². The molecule has 1 fully saturated rings. The number of amides is 1. The van der Waals surface area contributed by atoms with Crippen LogP contribution in [0.1, 0.15) is 40.0 Å². The van der Waals surface area contributed by atoms with E-state index in [1.54, 1.807) is 0 Å². The standard InChI is InChI=1S/C11H22N2O/c1-11(2,3)13-8-10(14)12-7-9-5-4-6-9/h9,13H,4-8H2,1-3H3,(H,12,14). The molecule has 0 saturated heterocycles. The van der Waals surface area contributed by atoms with Crippen LogP contribution in [0.15, 0.2) is 0 Å². The summed E-state index contributed by atoms with van der Waals surface area (Å²) in [6.07, 6.45) is 3.90. The van der Waals surface area contributed by atoms with Crippen LogP contribution in [0.4, 0.5) is 0 Å². The molecule has 0 heterocycles. The van der Waals surface area contributed by atoms with Crippen molar-refractivity contribution in [3.8, 4) is 0 Å². The normalized spacial score (nSPS) is 17.6. The first kappa shape index (κ1) is 11.5. The van der Waals surface area contributed by atoms with E-state index in [1.807, 2.05) is 0 Å². The fourth-order valence-electron chi connectivity index (χ4n) is 1.36. The lowest BCUT2D eigenvalue weighted by Gasteiger charge is -2.26. The first-order valence-corrected chi connectivity index (χ1v) is 5.49. The zero-order valence-corrected chi connectivity index (χ0v) is 9.52. The smallest absolute Gasteiger partial charge is 0.233 e. The number of hydrogen-bond acceptors (Lipinski definition) is 2. The monoisotopic (exact) mass is 198 g/mol. The minimum absolute atomic E-state index is 0.0216. The van der Waals surface area contributed by atoms with Gasteiger partial charge in [-0.2, -0.15) is 0 Å². The summed E-state index contributed by atoms with van der Waals surface area (Å²) in [6.45, 7) is 7.48. The summed E-state index contributed by atoms with van der Waals surface area (Å²) >= 11 is 0. The molecule has 1 rings (SSSR count). The van der Waals surface area contributed by atoms with Crippen molar-refractivity contribution in [1.29, 1.82) is 0 Å². The highest BCUT2D eigenvalue weighted by molar-refractivity contribution is 5.78. The van der Waals surface area contributed by atoms with E-state index in [9.17, 15) is 4.79 Å². The van der Waals surface area contributed by atoms with Crippen molar-refractivity contribution in [2.75, 3.05) is 13.1 Å². The van der Waals surface area contributed by atoms with Crippen LogP contribution in [0.2, 0.25) is 0 Å². The molecule has 0 spiro atoms. The summed E-state index contributed by atoms with van der Waals surface area (Å²) in [5, 5.41) is 6.13. The molecular formula is C11H22N2O. The summed E-state index contributed by atoms with van der Waals surface area (Å²) in [5.41, 5.74) is 0.0216. The molecule has 0 aromatic heterocycles. The minimum Gasteiger partial charge on any atom is -0.355 e. The molecule has 0 aromatic rings. The van der Waals surface area contributed by atoms with Gasteiger partial charge in [-0.3, -0.25) is 4.79 Å². The Labute approximate surface area is 86.6 Å². The van der Waals surface area contributed by atoms with Crippen LogP contribution in [0.25, 0.3) is 0 Å². The number of carbonyl (C=O) groups is 1. The zero-order valence-electron chi connectivity index (χ0n) is 9.52. The molecule has 3 heteroatoms.